The van der Waals surface area contributed by atoms with Crippen molar-refractivity contribution in [3.8, 4) is 34.0 Å². The average molecular weight is 708 g/mol. The van der Waals surface area contributed by atoms with Crippen LogP contribution in [0.15, 0.2) is 185 Å². The minimum absolute atomic E-state index is 0.504. The van der Waals surface area contributed by atoms with E-state index in [9.17, 15) is 0 Å². The van der Waals surface area contributed by atoms with Crippen molar-refractivity contribution in [1.82, 2.24) is 19.9 Å². The number of oxazole rings is 2. The summed E-state index contributed by atoms with van der Waals surface area (Å²) in [4.78, 5) is 21.6. The van der Waals surface area contributed by atoms with Crippen molar-refractivity contribution >= 4 is 72.1 Å². The number of pyridine rings is 2. The molecule has 0 aliphatic heterocycles. The van der Waals surface area contributed by atoms with Crippen molar-refractivity contribution in [3.05, 3.63) is 176 Å². The molecule has 258 valence electrons. The van der Waals surface area contributed by atoms with Gasteiger partial charge in [-0.3, -0.25) is 4.90 Å². The van der Waals surface area contributed by atoms with Crippen LogP contribution in [0, 0.1) is 0 Å². The van der Waals surface area contributed by atoms with E-state index in [4.69, 9.17) is 28.8 Å². The summed E-state index contributed by atoms with van der Waals surface area (Å²) < 4.78 is 12.3. The Morgan fingerprint density at radius 2 is 0.836 bits per heavy atom. The van der Waals surface area contributed by atoms with Gasteiger partial charge in [-0.1, -0.05) is 103 Å². The number of hydrogen-bond acceptors (Lipinski definition) is 7. The van der Waals surface area contributed by atoms with E-state index in [2.05, 4.69) is 91.0 Å². The summed E-state index contributed by atoms with van der Waals surface area (Å²) in [6.45, 7) is 0. The molecular weight excluding hydrogens is 679 g/mol. The molecule has 0 fully saturated rings. The van der Waals surface area contributed by atoms with Crippen molar-refractivity contribution < 1.29 is 8.83 Å². The van der Waals surface area contributed by atoms with E-state index < -0.39 is 0 Å². The van der Waals surface area contributed by atoms with Crippen LogP contribution in [0.3, 0.4) is 0 Å². The molecule has 0 aliphatic rings. The monoisotopic (exact) mass is 707 g/mol. The number of aromatic nitrogens is 4. The highest BCUT2D eigenvalue weighted by Gasteiger charge is 2.21. The van der Waals surface area contributed by atoms with Crippen molar-refractivity contribution in [2.75, 3.05) is 4.90 Å². The number of nitrogens with zero attached hydrogens (tertiary/aromatic N) is 5. The summed E-state index contributed by atoms with van der Waals surface area (Å²) in [5, 5.41) is 7.10. The zero-order valence-corrected chi connectivity index (χ0v) is 29.3. The van der Waals surface area contributed by atoms with Crippen LogP contribution in [0.4, 0.5) is 17.3 Å². The van der Waals surface area contributed by atoms with Gasteiger partial charge in [0.2, 0.25) is 23.1 Å². The smallest absolute Gasteiger partial charge is 0.228 e. The molecule has 0 spiro atoms. The van der Waals surface area contributed by atoms with Gasteiger partial charge in [-0.15, -0.1) is 0 Å². The standard InChI is InChI=1S/C48H29N5O2/c1-3-10-31(11-4-1)47-51-45-41(54-47)23-25-43(49-45)53(44-26-24-42-46(50-44)52-48(55-42)32-12-5-2-6-13-32)38-20-22-40-37(29-38)18-17-36-28-35(19-21-39(36)40)34-16-15-30-9-7-8-14-33(30)27-34/h1-29H. The van der Waals surface area contributed by atoms with E-state index in [0.29, 0.717) is 45.9 Å². The molecule has 4 heterocycles. The summed E-state index contributed by atoms with van der Waals surface area (Å²) in [6.07, 6.45) is 0. The van der Waals surface area contributed by atoms with E-state index >= 15 is 0 Å². The van der Waals surface area contributed by atoms with Crippen LogP contribution >= 0.6 is 0 Å². The Morgan fingerprint density at radius 1 is 0.345 bits per heavy atom. The van der Waals surface area contributed by atoms with Gasteiger partial charge in [0.25, 0.3) is 0 Å². The first-order chi connectivity index (χ1) is 27.2. The molecule has 0 bridgehead atoms. The fraction of sp³-hybridized carbons (Fsp3) is 0. The molecule has 0 saturated carbocycles. The summed E-state index contributed by atoms with van der Waals surface area (Å²) in [6, 6.07) is 60.1. The molecular formula is C48H29N5O2. The van der Waals surface area contributed by atoms with Crippen molar-refractivity contribution in [2.45, 2.75) is 0 Å². The highest BCUT2D eigenvalue weighted by molar-refractivity contribution is 6.09. The second kappa shape index (κ2) is 12.5. The first-order valence-corrected chi connectivity index (χ1v) is 18.1. The molecule has 7 nitrogen and oxygen atoms in total. The second-order valence-electron chi connectivity index (χ2n) is 13.6. The molecule has 11 rings (SSSR count). The summed E-state index contributed by atoms with van der Waals surface area (Å²) >= 11 is 0. The highest BCUT2D eigenvalue weighted by Crippen LogP contribution is 2.39. The van der Waals surface area contributed by atoms with Gasteiger partial charge in [-0.2, -0.15) is 9.97 Å². The Hall–Kier alpha value is -7.64. The zero-order valence-electron chi connectivity index (χ0n) is 29.3. The van der Waals surface area contributed by atoms with Gasteiger partial charge in [-0.05, 0) is 116 Å². The fourth-order valence-electron chi connectivity index (χ4n) is 7.40. The van der Waals surface area contributed by atoms with Gasteiger partial charge in [0, 0.05) is 16.8 Å². The van der Waals surface area contributed by atoms with Crippen LogP contribution in [0.25, 0.3) is 88.8 Å². The summed E-state index contributed by atoms with van der Waals surface area (Å²) in [5.41, 5.74) is 7.26. The van der Waals surface area contributed by atoms with Crippen LogP contribution in [0.5, 0.6) is 0 Å². The number of rotatable bonds is 6. The number of hydrogen-bond donors (Lipinski definition) is 0. The molecule has 11 aromatic rings. The first-order valence-electron chi connectivity index (χ1n) is 18.1. The topological polar surface area (TPSA) is 81.1 Å². The van der Waals surface area contributed by atoms with Gasteiger partial charge in [0.05, 0.1) is 0 Å². The van der Waals surface area contributed by atoms with Gasteiger partial charge in [0.15, 0.2) is 11.2 Å². The Morgan fingerprint density at radius 3 is 1.45 bits per heavy atom. The third kappa shape index (κ3) is 5.45. The van der Waals surface area contributed by atoms with Crippen LogP contribution in [-0.2, 0) is 0 Å². The lowest BCUT2D eigenvalue weighted by Crippen LogP contribution is -2.13. The highest BCUT2D eigenvalue weighted by atomic mass is 16.4. The lowest BCUT2D eigenvalue weighted by Gasteiger charge is -2.23. The Bertz CT molecular complexity index is 3110. The average Bonchev–Trinajstić information content (AvgIpc) is 3.88. The third-order valence-electron chi connectivity index (χ3n) is 10.1. The van der Waals surface area contributed by atoms with E-state index in [1.165, 1.54) is 32.7 Å². The molecule has 0 saturated heterocycles. The maximum atomic E-state index is 6.13. The van der Waals surface area contributed by atoms with Crippen molar-refractivity contribution in [2.24, 2.45) is 0 Å². The van der Waals surface area contributed by atoms with Crippen LogP contribution in [0.2, 0.25) is 0 Å². The summed E-state index contributed by atoms with van der Waals surface area (Å²) in [5.74, 6) is 2.31. The Balaban J connectivity index is 1.03. The zero-order chi connectivity index (χ0) is 36.3. The number of anilines is 3. The third-order valence-corrected chi connectivity index (χ3v) is 10.1. The molecule has 7 heteroatoms. The number of benzene rings is 7. The lowest BCUT2D eigenvalue weighted by atomic mass is 9.96. The first kappa shape index (κ1) is 30.9. The minimum Gasteiger partial charge on any atom is -0.434 e. The van der Waals surface area contributed by atoms with Crippen LogP contribution < -0.4 is 4.90 Å². The van der Waals surface area contributed by atoms with Gasteiger partial charge < -0.3 is 8.83 Å². The van der Waals surface area contributed by atoms with E-state index in [-0.39, 0.29) is 0 Å². The van der Waals surface area contributed by atoms with Gasteiger partial charge in [0.1, 0.15) is 11.6 Å². The SMILES string of the molecule is c1ccc(-c2nc3nc(N(c4ccc5c(ccc6cc(-c7ccc8ccccc8c7)ccc65)c4)c4ccc5oc(-c6ccccc6)nc5n4)ccc3o2)cc1. The maximum absolute atomic E-state index is 6.13. The van der Waals surface area contributed by atoms with Crippen molar-refractivity contribution in [1.29, 1.82) is 0 Å². The fourth-order valence-corrected chi connectivity index (χ4v) is 7.40. The largest absolute Gasteiger partial charge is 0.434 e. The minimum atomic E-state index is 0.504. The van der Waals surface area contributed by atoms with Gasteiger partial charge in [-0.25, -0.2) is 9.97 Å². The van der Waals surface area contributed by atoms with Crippen LogP contribution in [0.1, 0.15) is 0 Å². The molecule has 0 aliphatic carbocycles. The maximum Gasteiger partial charge on any atom is 0.228 e. The molecule has 4 aromatic heterocycles. The molecule has 55 heavy (non-hydrogen) atoms. The Labute approximate surface area is 314 Å². The molecule has 0 N–H and O–H groups in total. The molecule has 0 radical (unpaired) electrons. The molecule has 0 atom stereocenters. The predicted molar refractivity (Wildman–Crippen MR) is 221 cm³/mol. The Kier molecular flexibility index (Phi) is 7.03. The quantitative estimate of drug-likeness (QED) is 0.159. The normalized spacial score (nSPS) is 11.6. The molecule has 7 aromatic carbocycles. The number of fused-ring (bicyclic) bond motifs is 6. The summed E-state index contributed by atoms with van der Waals surface area (Å²) in [7, 11) is 0. The predicted octanol–water partition coefficient (Wildman–Crippen LogP) is 12.7. The van der Waals surface area contributed by atoms with Crippen molar-refractivity contribution in [3.63, 3.8) is 0 Å². The van der Waals surface area contributed by atoms with E-state index in [1.54, 1.807) is 0 Å². The van der Waals surface area contributed by atoms with E-state index in [1.807, 2.05) is 89.8 Å². The van der Waals surface area contributed by atoms with Crippen LogP contribution in [-0.4, -0.2) is 19.9 Å². The van der Waals surface area contributed by atoms with Gasteiger partial charge >= 0.3 is 0 Å². The van der Waals surface area contributed by atoms with E-state index in [0.717, 1.165) is 27.6 Å². The lowest BCUT2D eigenvalue weighted by molar-refractivity contribution is 0.619. The molecule has 0 unspecified atom stereocenters. The second-order valence-corrected chi connectivity index (χ2v) is 13.6. The molecule has 0 amide bonds.